The van der Waals surface area contributed by atoms with Crippen LogP contribution in [0, 0.1) is 11.6 Å². The fourth-order valence-corrected chi connectivity index (χ4v) is 5.95. The number of sulfone groups is 1. The van der Waals surface area contributed by atoms with Gasteiger partial charge < -0.3 is 29.3 Å². The number of ether oxygens (including phenoxy) is 3. The monoisotopic (exact) mass is 652 g/mol. The number of methoxy groups -OCH3 is 1. The molecule has 1 aromatic heterocycles. The summed E-state index contributed by atoms with van der Waals surface area (Å²) in [6.07, 6.45) is 3.13. The van der Waals surface area contributed by atoms with E-state index in [1.165, 1.54) is 37.6 Å². The minimum atomic E-state index is -4.20. The third-order valence-electron chi connectivity index (χ3n) is 7.42. The number of hydrogen-bond donors (Lipinski definition) is 1. The van der Waals surface area contributed by atoms with Crippen LogP contribution in [0.1, 0.15) is 6.42 Å². The van der Waals surface area contributed by atoms with Gasteiger partial charge in [0.25, 0.3) is 0 Å². The Morgan fingerprint density at radius 2 is 1.74 bits per heavy atom. The first-order valence-corrected chi connectivity index (χ1v) is 16.1. The highest BCUT2D eigenvalue weighted by Gasteiger charge is 2.18. The van der Waals surface area contributed by atoms with Crippen LogP contribution in [0.2, 0.25) is 0 Å². The molecule has 0 unspecified atom stereocenters. The number of carbonyl (C=O) groups excluding carboxylic acids is 1. The van der Waals surface area contributed by atoms with Gasteiger partial charge in [-0.05, 0) is 49.9 Å². The highest BCUT2D eigenvalue weighted by atomic mass is 32.2. The van der Waals surface area contributed by atoms with Crippen molar-refractivity contribution in [3.8, 4) is 23.0 Å². The van der Waals surface area contributed by atoms with Gasteiger partial charge in [-0.1, -0.05) is 12.1 Å². The maximum atomic E-state index is 15.1. The first kappa shape index (κ1) is 32.8. The molecule has 1 saturated heterocycles. The van der Waals surface area contributed by atoms with Gasteiger partial charge in [0.15, 0.2) is 23.1 Å². The summed E-state index contributed by atoms with van der Waals surface area (Å²) in [5.74, 6) is -1.34. The number of nitrogens with zero attached hydrogens (tertiary/aromatic N) is 3. The topological polar surface area (TPSA) is 110 Å². The molecule has 2 heterocycles. The summed E-state index contributed by atoms with van der Waals surface area (Å²) in [4.78, 5) is 20.9. The first-order valence-electron chi connectivity index (χ1n) is 14.6. The maximum absolute atomic E-state index is 15.1. The standard InChI is InChI=1S/C33H34F2N4O6S/c1-38-14-16-39(17-15-38)13-5-18-44-31-22-27-24(21-30(31)43-2)28(10-12-36-27)45-29-9-8-23(20-26(29)35)37-33(40)11-19-46(41,42)32-7-4-3-6-25(32)34/h3-4,6-12,19-22H,5,13-18H2,1-2H3,(H,37,40)/b19-11+. The zero-order valence-electron chi connectivity index (χ0n) is 25.4. The summed E-state index contributed by atoms with van der Waals surface area (Å²) < 4.78 is 71.1. The molecule has 0 saturated carbocycles. The Labute approximate surface area is 266 Å². The average Bonchev–Trinajstić information content (AvgIpc) is 3.04. The second kappa shape index (κ2) is 14.7. The molecule has 1 amide bonds. The number of amides is 1. The third-order valence-corrected chi connectivity index (χ3v) is 8.86. The van der Waals surface area contributed by atoms with E-state index in [2.05, 4.69) is 27.1 Å². The quantitative estimate of drug-likeness (QED) is 0.162. The van der Waals surface area contributed by atoms with Gasteiger partial charge >= 0.3 is 0 Å². The fourth-order valence-electron chi connectivity index (χ4n) is 4.90. The summed E-state index contributed by atoms with van der Waals surface area (Å²) in [6, 6.07) is 13.6. The van der Waals surface area contributed by atoms with Gasteiger partial charge in [0.2, 0.25) is 15.7 Å². The number of pyridine rings is 1. The normalized spacial score (nSPS) is 14.4. The van der Waals surface area contributed by atoms with E-state index in [0.29, 0.717) is 40.2 Å². The lowest BCUT2D eigenvalue weighted by molar-refractivity contribution is -0.111. The molecule has 0 bridgehead atoms. The van der Waals surface area contributed by atoms with Gasteiger partial charge in [-0.25, -0.2) is 17.2 Å². The van der Waals surface area contributed by atoms with E-state index in [1.807, 2.05) is 0 Å². The van der Waals surface area contributed by atoms with Crippen LogP contribution in [0.5, 0.6) is 23.0 Å². The zero-order chi connectivity index (χ0) is 32.7. The molecule has 1 aliphatic rings. The summed E-state index contributed by atoms with van der Waals surface area (Å²) in [7, 11) is -0.538. The Morgan fingerprint density at radius 3 is 2.48 bits per heavy atom. The van der Waals surface area contributed by atoms with Gasteiger partial charge in [-0.15, -0.1) is 0 Å². The second-order valence-corrected chi connectivity index (χ2v) is 12.5. The van der Waals surface area contributed by atoms with Gasteiger partial charge in [-0.2, -0.15) is 0 Å². The van der Waals surface area contributed by atoms with E-state index in [0.717, 1.165) is 63.4 Å². The lowest BCUT2D eigenvalue weighted by Gasteiger charge is -2.32. The summed E-state index contributed by atoms with van der Waals surface area (Å²) in [6.45, 7) is 5.67. The smallest absolute Gasteiger partial charge is 0.249 e. The SMILES string of the molecule is COc1cc2c(Oc3ccc(NC(=O)/C=C/S(=O)(=O)c4ccccc4F)cc3F)ccnc2cc1OCCCN1CCN(C)CC1. The van der Waals surface area contributed by atoms with E-state index < -0.39 is 32.3 Å². The minimum Gasteiger partial charge on any atom is -0.493 e. The molecule has 1 aliphatic heterocycles. The van der Waals surface area contributed by atoms with Gasteiger partial charge in [0.1, 0.15) is 16.5 Å². The molecule has 10 nitrogen and oxygen atoms in total. The first-order chi connectivity index (χ1) is 22.1. The Balaban J connectivity index is 1.23. The van der Waals surface area contributed by atoms with Crippen molar-refractivity contribution in [2.75, 3.05) is 58.8 Å². The number of halogens is 2. The molecular weight excluding hydrogens is 618 g/mol. The predicted molar refractivity (Wildman–Crippen MR) is 170 cm³/mol. The number of anilines is 1. The van der Waals surface area contributed by atoms with Crippen molar-refractivity contribution in [2.24, 2.45) is 0 Å². The molecule has 46 heavy (non-hydrogen) atoms. The van der Waals surface area contributed by atoms with E-state index in [4.69, 9.17) is 14.2 Å². The van der Waals surface area contributed by atoms with E-state index >= 15 is 4.39 Å². The van der Waals surface area contributed by atoms with Crippen molar-refractivity contribution >= 4 is 32.3 Å². The number of fused-ring (bicyclic) bond motifs is 1. The molecule has 1 fully saturated rings. The molecule has 0 atom stereocenters. The Hall–Kier alpha value is -4.59. The number of carbonyl (C=O) groups is 1. The molecule has 0 aliphatic carbocycles. The van der Waals surface area contributed by atoms with Crippen molar-refractivity contribution in [3.63, 3.8) is 0 Å². The molecule has 0 spiro atoms. The van der Waals surface area contributed by atoms with Crippen LogP contribution in [0.4, 0.5) is 14.5 Å². The predicted octanol–water partition coefficient (Wildman–Crippen LogP) is 5.26. The lowest BCUT2D eigenvalue weighted by Crippen LogP contribution is -2.44. The average molecular weight is 653 g/mol. The van der Waals surface area contributed by atoms with E-state index in [1.54, 1.807) is 18.2 Å². The van der Waals surface area contributed by atoms with Crippen LogP contribution in [0.3, 0.4) is 0 Å². The zero-order valence-corrected chi connectivity index (χ0v) is 26.2. The number of nitrogens with one attached hydrogen (secondary N) is 1. The van der Waals surface area contributed by atoms with Crippen molar-refractivity contribution in [3.05, 3.63) is 90.0 Å². The van der Waals surface area contributed by atoms with Crippen LogP contribution in [-0.4, -0.2) is 82.6 Å². The molecule has 4 aromatic rings. The summed E-state index contributed by atoms with van der Waals surface area (Å²) >= 11 is 0. The van der Waals surface area contributed by atoms with Gasteiger partial charge in [-0.3, -0.25) is 9.78 Å². The number of aromatic nitrogens is 1. The van der Waals surface area contributed by atoms with Gasteiger partial charge in [0, 0.05) is 73.6 Å². The number of rotatable bonds is 12. The third kappa shape index (κ3) is 8.16. The molecule has 13 heteroatoms. The van der Waals surface area contributed by atoms with Crippen molar-refractivity contribution in [1.29, 1.82) is 0 Å². The molecule has 1 N–H and O–H groups in total. The largest absolute Gasteiger partial charge is 0.493 e. The maximum Gasteiger partial charge on any atom is 0.249 e. The van der Waals surface area contributed by atoms with Crippen LogP contribution >= 0.6 is 0 Å². The molecule has 242 valence electrons. The van der Waals surface area contributed by atoms with E-state index in [-0.39, 0.29) is 11.4 Å². The number of likely N-dealkylation sites (N-methyl/N-ethyl adjacent to an activating group) is 1. The van der Waals surface area contributed by atoms with E-state index in [9.17, 15) is 17.6 Å². The van der Waals surface area contributed by atoms with Crippen LogP contribution in [-0.2, 0) is 14.6 Å². The number of hydrogen-bond acceptors (Lipinski definition) is 9. The summed E-state index contributed by atoms with van der Waals surface area (Å²) in [5, 5.41) is 3.54. The molecular formula is C33H34F2N4O6S. The Morgan fingerprint density at radius 1 is 0.957 bits per heavy atom. The van der Waals surface area contributed by atoms with Crippen LogP contribution in [0.15, 0.2) is 83.2 Å². The fraction of sp³-hybridized carbons (Fsp3) is 0.273. The van der Waals surface area contributed by atoms with Crippen LogP contribution in [0.25, 0.3) is 10.9 Å². The van der Waals surface area contributed by atoms with Gasteiger partial charge in [0.05, 0.1) is 19.2 Å². The Kier molecular flexibility index (Phi) is 10.5. The van der Waals surface area contributed by atoms with Crippen LogP contribution < -0.4 is 19.5 Å². The molecule has 5 rings (SSSR count). The number of benzene rings is 3. The minimum absolute atomic E-state index is 0.0541. The number of piperazine rings is 1. The molecule has 3 aromatic carbocycles. The lowest BCUT2D eigenvalue weighted by atomic mass is 10.1. The highest BCUT2D eigenvalue weighted by Crippen LogP contribution is 2.38. The Bertz CT molecular complexity index is 1850. The van der Waals surface area contributed by atoms with Crippen molar-refractivity contribution < 1.29 is 36.2 Å². The summed E-state index contributed by atoms with van der Waals surface area (Å²) in [5.41, 5.74) is 0.618. The van der Waals surface area contributed by atoms with Crippen molar-refractivity contribution in [1.82, 2.24) is 14.8 Å². The second-order valence-electron chi connectivity index (χ2n) is 10.7. The van der Waals surface area contributed by atoms with Crippen molar-refractivity contribution in [2.45, 2.75) is 11.3 Å². The highest BCUT2D eigenvalue weighted by molar-refractivity contribution is 7.94. The molecule has 0 radical (unpaired) electrons.